The van der Waals surface area contributed by atoms with Gasteiger partial charge in [0.1, 0.15) is 0 Å². The zero-order valence-corrected chi connectivity index (χ0v) is 13.8. The molecule has 6 heteroatoms. The number of carbonyl (C=O) groups excluding carboxylic acids is 3. The molecule has 0 unspecified atom stereocenters. The summed E-state index contributed by atoms with van der Waals surface area (Å²) in [5.41, 5.74) is 2.64. The second-order valence-corrected chi connectivity index (χ2v) is 5.52. The second-order valence-electron chi connectivity index (χ2n) is 5.52. The molecule has 0 spiro atoms. The molecule has 0 bridgehead atoms. The highest BCUT2D eigenvalue weighted by molar-refractivity contribution is 5.97. The first-order chi connectivity index (χ1) is 10.2. The quantitative estimate of drug-likeness (QED) is 0.865. The molecule has 0 aliphatic heterocycles. The molecule has 120 valence electrons. The Kier molecular flexibility index (Phi) is 6.10. The van der Waals surface area contributed by atoms with Gasteiger partial charge in [-0.1, -0.05) is 6.07 Å². The van der Waals surface area contributed by atoms with Crippen LogP contribution in [-0.4, -0.2) is 61.8 Å². The number of likely N-dealkylation sites (N-methyl/N-ethyl adjacent to an activating group) is 2. The standard InChI is InChI=1S/C16H23N3O3/c1-11-6-7-13(8-12(11)2)16(22)17-9-14(20)19(5)10-15(21)18(3)4/h6-8H,9-10H2,1-5H3,(H,17,22). The van der Waals surface area contributed by atoms with Gasteiger partial charge in [0.25, 0.3) is 5.91 Å². The maximum Gasteiger partial charge on any atom is 0.251 e. The Bertz CT molecular complexity index is 582. The van der Waals surface area contributed by atoms with Crippen molar-refractivity contribution < 1.29 is 14.4 Å². The Hall–Kier alpha value is -2.37. The largest absolute Gasteiger partial charge is 0.347 e. The maximum absolute atomic E-state index is 12.0. The lowest BCUT2D eigenvalue weighted by Crippen LogP contribution is -2.42. The molecular weight excluding hydrogens is 282 g/mol. The van der Waals surface area contributed by atoms with Crippen LogP contribution in [0.25, 0.3) is 0 Å². The fourth-order valence-corrected chi connectivity index (χ4v) is 1.71. The van der Waals surface area contributed by atoms with Gasteiger partial charge in [0, 0.05) is 26.7 Å². The van der Waals surface area contributed by atoms with Crippen molar-refractivity contribution in [2.24, 2.45) is 0 Å². The van der Waals surface area contributed by atoms with E-state index >= 15 is 0 Å². The van der Waals surface area contributed by atoms with Crippen LogP contribution >= 0.6 is 0 Å². The van der Waals surface area contributed by atoms with Gasteiger partial charge in [-0.25, -0.2) is 0 Å². The van der Waals surface area contributed by atoms with Crippen LogP contribution in [0.2, 0.25) is 0 Å². The fraction of sp³-hybridized carbons (Fsp3) is 0.438. The number of rotatable bonds is 5. The Morgan fingerprint density at radius 1 is 1.00 bits per heavy atom. The van der Waals surface area contributed by atoms with Crippen LogP contribution < -0.4 is 5.32 Å². The number of nitrogens with zero attached hydrogens (tertiary/aromatic N) is 2. The van der Waals surface area contributed by atoms with E-state index in [9.17, 15) is 14.4 Å². The Morgan fingerprint density at radius 3 is 2.18 bits per heavy atom. The van der Waals surface area contributed by atoms with E-state index in [0.717, 1.165) is 11.1 Å². The van der Waals surface area contributed by atoms with Crippen LogP contribution in [0.15, 0.2) is 18.2 Å². The molecule has 3 amide bonds. The van der Waals surface area contributed by atoms with E-state index in [2.05, 4.69) is 5.32 Å². The Morgan fingerprint density at radius 2 is 1.64 bits per heavy atom. The monoisotopic (exact) mass is 305 g/mol. The maximum atomic E-state index is 12.0. The van der Waals surface area contributed by atoms with Gasteiger partial charge in [-0.3, -0.25) is 14.4 Å². The highest BCUT2D eigenvalue weighted by Crippen LogP contribution is 2.09. The number of nitrogens with one attached hydrogen (secondary N) is 1. The average Bonchev–Trinajstić information content (AvgIpc) is 2.46. The highest BCUT2D eigenvalue weighted by Gasteiger charge is 2.15. The van der Waals surface area contributed by atoms with Crippen molar-refractivity contribution in [2.45, 2.75) is 13.8 Å². The molecule has 0 aromatic heterocycles. The molecule has 0 atom stereocenters. The second kappa shape index (κ2) is 7.59. The zero-order valence-electron chi connectivity index (χ0n) is 13.8. The molecule has 1 aromatic rings. The third-order valence-electron chi connectivity index (χ3n) is 3.47. The summed E-state index contributed by atoms with van der Waals surface area (Å²) in [6, 6.07) is 5.38. The number of amides is 3. The molecular formula is C16H23N3O3. The summed E-state index contributed by atoms with van der Waals surface area (Å²) in [6.45, 7) is 3.75. The van der Waals surface area contributed by atoms with E-state index in [0.29, 0.717) is 5.56 Å². The molecule has 1 aromatic carbocycles. The van der Waals surface area contributed by atoms with E-state index in [1.165, 1.54) is 16.8 Å². The van der Waals surface area contributed by atoms with Crippen LogP contribution in [0.4, 0.5) is 0 Å². The van der Waals surface area contributed by atoms with E-state index in [4.69, 9.17) is 0 Å². The minimum Gasteiger partial charge on any atom is -0.347 e. The van der Waals surface area contributed by atoms with Gasteiger partial charge in [0.2, 0.25) is 11.8 Å². The van der Waals surface area contributed by atoms with Crippen LogP contribution in [0.1, 0.15) is 21.5 Å². The lowest BCUT2D eigenvalue weighted by Gasteiger charge is -2.19. The molecule has 22 heavy (non-hydrogen) atoms. The first-order valence-electron chi connectivity index (χ1n) is 7.02. The molecule has 0 fully saturated rings. The normalized spacial score (nSPS) is 10.0. The SMILES string of the molecule is Cc1ccc(C(=O)NCC(=O)N(C)CC(=O)N(C)C)cc1C. The third-order valence-corrected chi connectivity index (χ3v) is 3.47. The molecule has 0 aliphatic carbocycles. The van der Waals surface area contributed by atoms with E-state index < -0.39 is 0 Å². The van der Waals surface area contributed by atoms with Crippen molar-refractivity contribution in [2.75, 3.05) is 34.2 Å². The number of benzene rings is 1. The van der Waals surface area contributed by atoms with Gasteiger partial charge in [-0.15, -0.1) is 0 Å². The van der Waals surface area contributed by atoms with Gasteiger partial charge in [-0.05, 0) is 37.1 Å². The summed E-state index contributed by atoms with van der Waals surface area (Å²) in [5.74, 6) is -0.785. The van der Waals surface area contributed by atoms with Gasteiger partial charge in [0.05, 0.1) is 13.1 Å². The first-order valence-corrected chi connectivity index (χ1v) is 7.02. The summed E-state index contributed by atoms with van der Waals surface area (Å²) in [5, 5.41) is 2.57. The lowest BCUT2D eigenvalue weighted by molar-refractivity contribution is -0.137. The molecule has 1 rings (SSSR count). The minimum atomic E-state index is -0.313. The van der Waals surface area contributed by atoms with E-state index in [-0.39, 0.29) is 30.8 Å². The molecule has 1 N–H and O–H groups in total. The van der Waals surface area contributed by atoms with Crippen molar-refractivity contribution >= 4 is 17.7 Å². The Labute approximate surface area is 131 Å². The van der Waals surface area contributed by atoms with Crippen molar-refractivity contribution in [3.05, 3.63) is 34.9 Å². The van der Waals surface area contributed by atoms with Gasteiger partial charge in [-0.2, -0.15) is 0 Å². The zero-order chi connectivity index (χ0) is 16.9. The average molecular weight is 305 g/mol. The summed E-state index contributed by atoms with van der Waals surface area (Å²) in [4.78, 5) is 38.1. The van der Waals surface area contributed by atoms with Crippen LogP contribution in [0.3, 0.4) is 0 Å². The number of hydrogen-bond donors (Lipinski definition) is 1. The minimum absolute atomic E-state index is 0.00859. The molecule has 0 saturated heterocycles. The van der Waals surface area contributed by atoms with Gasteiger partial charge >= 0.3 is 0 Å². The van der Waals surface area contributed by atoms with Gasteiger partial charge in [0.15, 0.2) is 0 Å². The smallest absolute Gasteiger partial charge is 0.251 e. The van der Waals surface area contributed by atoms with Crippen molar-refractivity contribution in [1.82, 2.24) is 15.1 Å². The first kappa shape index (κ1) is 17.7. The third kappa shape index (κ3) is 4.87. The molecule has 6 nitrogen and oxygen atoms in total. The molecule has 0 radical (unpaired) electrons. The van der Waals surface area contributed by atoms with Crippen molar-refractivity contribution in [3.8, 4) is 0 Å². The van der Waals surface area contributed by atoms with E-state index in [1.807, 2.05) is 19.9 Å². The summed E-state index contributed by atoms with van der Waals surface area (Å²) < 4.78 is 0. The number of hydrogen-bond acceptors (Lipinski definition) is 3. The number of carbonyl (C=O) groups is 3. The summed E-state index contributed by atoms with van der Waals surface area (Å²) in [6.07, 6.45) is 0. The highest BCUT2D eigenvalue weighted by atomic mass is 16.2. The fourth-order valence-electron chi connectivity index (χ4n) is 1.71. The molecule has 0 heterocycles. The van der Waals surface area contributed by atoms with Crippen LogP contribution in [-0.2, 0) is 9.59 Å². The lowest BCUT2D eigenvalue weighted by atomic mass is 10.1. The molecule has 0 saturated carbocycles. The Balaban J connectivity index is 2.54. The summed E-state index contributed by atoms with van der Waals surface area (Å²) >= 11 is 0. The van der Waals surface area contributed by atoms with Crippen molar-refractivity contribution in [3.63, 3.8) is 0 Å². The van der Waals surface area contributed by atoms with Crippen LogP contribution in [0, 0.1) is 13.8 Å². The van der Waals surface area contributed by atoms with Crippen molar-refractivity contribution in [1.29, 1.82) is 0 Å². The predicted octanol–water partition coefficient (Wildman–Crippen LogP) is 0.580. The van der Waals surface area contributed by atoms with E-state index in [1.54, 1.807) is 26.2 Å². The van der Waals surface area contributed by atoms with Gasteiger partial charge < -0.3 is 15.1 Å². The summed E-state index contributed by atoms with van der Waals surface area (Å²) in [7, 11) is 4.79. The predicted molar refractivity (Wildman–Crippen MR) is 84.6 cm³/mol. The van der Waals surface area contributed by atoms with Crippen LogP contribution in [0.5, 0.6) is 0 Å². The molecule has 0 aliphatic rings. The number of aryl methyl sites for hydroxylation is 2. The topological polar surface area (TPSA) is 69.7 Å².